The van der Waals surface area contributed by atoms with Gasteiger partial charge in [0.15, 0.2) is 0 Å². The van der Waals surface area contributed by atoms with Gasteiger partial charge in [-0.1, -0.05) is 38.8 Å². The molecule has 0 aromatic heterocycles. The molecule has 1 rings (SSSR count). The molecule has 1 aromatic rings. The molecule has 0 radical (unpaired) electrons. The molecule has 0 aliphatic carbocycles. The summed E-state index contributed by atoms with van der Waals surface area (Å²) < 4.78 is 37.9. The highest BCUT2D eigenvalue weighted by Gasteiger charge is 2.30. The Bertz CT molecular complexity index is 399. The van der Waals surface area contributed by atoms with Gasteiger partial charge in [0.25, 0.3) is 0 Å². The highest BCUT2D eigenvalue weighted by Crippen LogP contribution is 2.30. The molecule has 20 heavy (non-hydrogen) atoms. The Balaban J connectivity index is 2.45. The Morgan fingerprint density at radius 1 is 1.10 bits per heavy atom. The van der Waals surface area contributed by atoms with Gasteiger partial charge >= 0.3 is 6.18 Å². The molecule has 4 heteroatoms. The normalized spacial score (nSPS) is 13.8. The van der Waals surface area contributed by atoms with Gasteiger partial charge in [-0.25, -0.2) is 0 Å². The lowest BCUT2D eigenvalue weighted by Crippen LogP contribution is -2.20. The number of nitrogens with one attached hydrogen (secondary N) is 1. The van der Waals surface area contributed by atoms with Crippen molar-refractivity contribution in [1.29, 1.82) is 0 Å². The van der Waals surface area contributed by atoms with E-state index in [2.05, 4.69) is 19.2 Å². The lowest BCUT2D eigenvalue weighted by molar-refractivity contribution is -0.137. The van der Waals surface area contributed by atoms with Crippen molar-refractivity contribution >= 4 is 0 Å². The summed E-state index contributed by atoms with van der Waals surface area (Å²) >= 11 is 0. The monoisotopic (exact) mass is 287 g/mol. The fourth-order valence-corrected chi connectivity index (χ4v) is 2.10. The standard InChI is InChI=1S/C16H24F3N/c1-12(2)7-4-5-10-20-13(3)14-8-6-9-15(11-14)16(17,18)19/h6,8-9,11-13,20H,4-5,7,10H2,1-3H3. The number of alkyl halides is 3. The molecule has 114 valence electrons. The van der Waals surface area contributed by atoms with Crippen LogP contribution in [-0.4, -0.2) is 6.54 Å². The van der Waals surface area contributed by atoms with E-state index in [1.165, 1.54) is 18.6 Å². The van der Waals surface area contributed by atoms with Crippen molar-refractivity contribution in [2.75, 3.05) is 6.54 Å². The van der Waals surface area contributed by atoms with Crippen molar-refractivity contribution < 1.29 is 13.2 Å². The minimum atomic E-state index is -4.27. The van der Waals surface area contributed by atoms with E-state index in [0.717, 1.165) is 25.5 Å². The summed E-state index contributed by atoms with van der Waals surface area (Å²) in [6.07, 6.45) is -0.867. The molecule has 1 unspecified atom stereocenters. The minimum absolute atomic E-state index is 0.0589. The van der Waals surface area contributed by atoms with Crippen LogP contribution in [0, 0.1) is 5.92 Å². The third-order valence-corrected chi connectivity index (χ3v) is 3.37. The van der Waals surface area contributed by atoms with Crippen molar-refractivity contribution in [3.8, 4) is 0 Å². The van der Waals surface area contributed by atoms with Crippen LogP contribution in [0.25, 0.3) is 0 Å². The van der Waals surface area contributed by atoms with Crippen molar-refractivity contribution in [3.05, 3.63) is 35.4 Å². The lowest BCUT2D eigenvalue weighted by Gasteiger charge is -2.16. The smallest absolute Gasteiger partial charge is 0.310 e. The van der Waals surface area contributed by atoms with Crippen LogP contribution < -0.4 is 5.32 Å². The Hall–Kier alpha value is -1.03. The minimum Gasteiger partial charge on any atom is -0.310 e. The fraction of sp³-hybridized carbons (Fsp3) is 0.625. The first-order valence-electron chi connectivity index (χ1n) is 7.21. The van der Waals surface area contributed by atoms with E-state index in [-0.39, 0.29) is 6.04 Å². The van der Waals surface area contributed by atoms with Crippen LogP contribution in [0.4, 0.5) is 13.2 Å². The van der Waals surface area contributed by atoms with E-state index >= 15 is 0 Å². The van der Waals surface area contributed by atoms with E-state index in [0.29, 0.717) is 11.5 Å². The Labute approximate surface area is 119 Å². The molecule has 0 aliphatic heterocycles. The largest absolute Gasteiger partial charge is 0.416 e. The van der Waals surface area contributed by atoms with Crippen LogP contribution in [-0.2, 0) is 6.18 Å². The van der Waals surface area contributed by atoms with Gasteiger partial charge in [-0.3, -0.25) is 0 Å². The van der Waals surface area contributed by atoms with Crippen LogP contribution in [0.1, 0.15) is 57.2 Å². The van der Waals surface area contributed by atoms with Gasteiger partial charge in [0, 0.05) is 6.04 Å². The molecule has 0 spiro atoms. The molecule has 1 atom stereocenters. The summed E-state index contributed by atoms with van der Waals surface area (Å²) in [6, 6.07) is 5.48. The first kappa shape index (κ1) is 17.0. The Morgan fingerprint density at radius 2 is 1.80 bits per heavy atom. The second-order valence-electron chi connectivity index (χ2n) is 5.69. The quantitative estimate of drug-likeness (QED) is 0.681. The summed E-state index contributed by atoms with van der Waals surface area (Å²) in [5.74, 6) is 0.705. The summed E-state index contributed by atoms with van der Waals surface area (Å²) in [4.78, 5) is 0. The van der Waals surface area contributed by atoms with Crippen LogP contribution in [0.15, 0.2) is 24.3 Å². The van der Waals surface area contributed by atoms with Crippen molar-refractivity contribution in [2.45, 2.75) is 52.3 Å². The molecule has 0 heterocycles. The van der Waals surface area contributed by atoms with Crippen molar-refractivity contribution in [1.82, 2.24) is 5.32 Å². The van der Waals surface area contributed by atoms with Gasteiger partial charge in [-0.2, -0.15) is 13.2 Å². The fourth-order valence-electron chi connectivity index (χ4n) is 2.10. The molecule has 0 bridgehead atoms. The van der Waals surface area contributed by atoms with Crippen LogP contribution >= 0.6 is 0 Å². The van der Waals surface area contributed by atoms with Crippen LogP contribution in [0.5, 0.6) is 0 Å². The maximum Gasteiger partial charge on any atom is 0.416 e. The summed E-state index contributed by atoms with van der Waals surface area (Å²) in [5, 5.41) is 3.28. The van der Waals surface area contributed by atoms with Gasteiger partial charge in [0.1, 0.15) is 0 Å². The Kier molecular flexibility index (Phi) is 6.53. The number of unbranched alkanes of at least 4 members (excludes halogenated alkanes) is 1. The molecule has 1 nitrogen and oxygen atoms in total. The number of hydrogen-bond acceptors (Lipinski definition) is 1. The van der Waals surface area contributed by atoms with Gasteiger partial charge < -0.3 is 5.32 Å². The van der Waals surface area contributed by atoms with E-state index in [4.69, 9.17) is 0 Å². The van der Waals surface area contributed by atoms with Gasteiger partial charge in [-0.15, -0.1) is 0 Å². The number of benzene rings is 1. The molecule has 0 amide bonds. The number of halogens is 3. The zero-order chi connectivity index (χ0) is 15.2. The maximum atomic E-state index is 12.6. The van der Waals surface area contributed by atoms with Crippen molar-refractivity contribution in [3.63, 3.8) is 0 Å². The molecule has 0 fully saturated rings. The van der Waals surface area contributed by atoms with E-state index in [1.807, 2.05) is 6.92 Å². The SMILES string of the molecule is CC(C)CCCCNC(C)c1cccc(C(F)(F)F)c1. The first-order valence-corrected chi connectivity index (χ1v) is 7.21. The molecule has 1 aromatic carbocycles. The second kappa shape index (κ2) is 7.67. The molecular formula is C16H24F3N. The summed E-state index contributed by atoms with van der Waals surface area (Å²) in [6.45, 7) is 7.12. The molecule has 1 N–H and O–H groups in total. The molecule has 0 saturated heterocycles. The highest BCUT2D eigenvalue weighted by molar-refractivity contribution is 5.27. The van der Waals surface area contributed by atoms with Gasteiger partial charge in [0.2, 0.25) is 0 Å². The zero-order valence-corrected chi connectivity index (χ0v) is 12.4. The number of rotatable bonds is 7. The van der Waals surface area contributed by atoms with Crippen LogP contribution in [0.2, 0.25) is 0 Å². The van der Waals surface area contributed by atoms with Gasteiger partial charge in [-0.05, 0) is 43.5 Å². The maximum absolute atomic E-state index is 12.6. The summed E-state index contributed by atoms with van der Waals surface area (Å²) in [5.41, 5.74) is 0.104. The third-order valence-electron chi connectivity index (χ3n) is 3.37. The topological polar surface area (TPSA) is 12.0 Å². The lowest BCUT2D eigenvalue weighted by atomic mass is 10.0. The predicted molar refractivity (Wildman–Crippen MR) is 76.6 cm³/mol. The van der Waals surface area contributed by atoms with Crippen LogP contribution in [0.3, 0.4) is 0 Å². The Morgan fingerprint density at radius 3 is 2.40 bits per heavy atom. The van der Waals surface area contributed by atoms with Gasteiger partial charge in [0.05, 0.1) is 5.56 Å². The number of hydrogen-bond donors (Lipinski definition) is 1. The molecule has 0 saturated carbocycles. The zero-order valence-electron chi connectivity index (χ0n) is 12.4. The third kappa shape index (κ3) is 5.95. The molecule has 0 aliphatic rings. The molecular weight excluding hydrogens is 263 g/mol. The highest BCUT2D eigenvalue weighted by atomic mass is 19.4. The van der Waals surface area contributed by atoms with E-state index < -0.39 is 11.7 Å². The first-order chi connectivity index (χ1) is 9.30. The van der Waals surface area contributed by atoms with E-state index in [1.54, 1.807) is 6.07 Å². The predicted octanol–water partition coefficient (Wildman–Crippen LogP) is 5.18. The average molecular weight is 287 g/mol. The van der Waals surface area contributed by atoms with Crippen molar-refractivity contribution in [2.24, 2.45) is 5.92 Å². The average Bonchev–Trinajstić information content (AvgIpc) is 2.37. The van der Waals surface area contributed by atoms with E-state index in [9.17, 15) is 13.2 Å². The second-order valence-corrected chi connectivity index (χ2v) is 5.69. The summed E-state index contributed by atoms with van der Waals surface area (Å²) in [7, 11) is 0.